The number of piperidine rings is 1. The molecule has 1 fully saturated rings. The number of hydrogen-bond acceptors (Lipinski definition) is 3. The van der Waals surface area contributed by atoms with E-state index in [1.54, 1.807) is 7.05 Å². The highest BCUT2D eigenvalue weighted by Crippen LogP contribution is 2.19. The summed E-state index contributed by atoms with van der Waals surface area (Å²) in [4.78, 5) is 18.1. The second kappa shape index (κ2) is 11.0. The van der Waals surface area contributed by atoms with Crippen LogP contribution in [0.25, 0.3) is 0 Å². The van der Waals surface area contributed by atoms with Crippen molar-refractivity contribution in [2.24, 2.45) is 16.8 Å². The predicted octanol–water partition coefficient (Wildman–Crippen LogP) is 3.07. The Morgan fingerprint density at radius 3 is 2.29 bits per heavy atom. The van der Waals surface area contributed by atoms with E-state index in [1.807, 2.05) is 25.7 Å². The SMILES string of the molecule is CN=C(NCC(C)C)NCC1CCN(C(=O)OC(C)(C)C)CC1.I. The summed E-state index contributed by atoms with van der Waals surface area (Å²) in [5.41, 5.74) is -0.427. The molecule has 0 aromatic rings. The van der Waals surface area contributed by atoms with Gasteiger partial charge in [-0.3, -0.25) is 4.99 Å². The first-order valence-corrected chi connectivity index (χ1v) is 8.63. The lowest BCUT2D eigenvalue weighted by Gasteiger charge is -2.33. The molecule has 0 unspecified atom stereocenters. The van der Waals surface area contributed by atoms with Crippen molar-refractivity contribution in [1.29, 1.82) is 0 Å². The summed E-state index contributed by atoms with van der Waals surface area (Å²) in [5, 5.41) is 6.70. The minimum atomic E-state index is -0.427. The average molecular weight is 454 g/mol. The molecular weight excluding hydrogens is 419 g/mol. The van der Waals surface area contributed by atoms with Crippen molar-refractivity contribution in [3.05, 3.63) is 0 Å². The zero-order valence-corrected chi connectivity index (χ0v) is 18.3. The fraction of sp³-hybridized carbons (Fsp3) is 0.882. The third kappa shape index (κ3) is 9.54. The van der Waals surface area contributed by atoms with Crippen molar-refractivity contribution in [1.82, 2.24) is 15.5 Å². The molecule has 6 nitrogen and oxygen atoms in total. The van der Waals surface area contributed by atoms with Gasteiger partial charge in [0.2, 0.25) is 0 Å². The lowest BCUT2D eigenvalue weighted by molar-refractivity contribution is 0.0185. The molecule has 0 saturated carbocycles. The van der Waals surface area contributed by atoms with Gasteiger partial charge < -0.3 is 20.3 Å². The molecule has 1 heterocycles. The number of carbonyl (C=O) groups is 1. The van der Waals surface area contributed by atoms with Crippen LogP contribution >= 0.6 is 24.0 Å². The van der Waals surface area contributed by atoms with E-state index in [0.717, 1.165) is 45.0 Å². The van der Waals surface area contributed by atoms with E-state index in [9.17, 15) is 4.79 Å². The molecule has 1 aliphatic heterocycles. The van der Waals surface area contributed by atoms with Gasteiger partial charge in [-0.05, 0) is 45.4 Å². The van der Waals surface area contributed by atoms with Gasteiger partial charge in [-0.25, -0.2) is 4.79 Å². The van der Waals surface area contributed by atoms with Crippen LogP contribution in [0.4, 0.5) is 4.79 Å². The van der Waals surface area contributed by atoms with Crippen molar-refractivity contribution in [2.75, 3.05) is 33.2 Å². The van der Waals surface area contributed by atoms with Crippen LogP contribution in [0.5, 0.6) is 0 Å². The Bertz CT molecular complexity index is 400. The molecule has 2 N–H and O–H groups in total. The monoisotopic (exact) mass is 454 g/mol. The summed E-state index contributed by atoms with van der Waals surface area (Å²) in [5.74, 6) is 2.00. The number of likely N-dealkylation sites (tertiary alicyclic amines) is 1. The molecule has 0 aliphatic carbocycles. The number of halogens is 1. The van der Waals surface area contributed by atoms with Gasteiger partial charge in [0, 0.05) is 33.2 Å². The van der Waals surface area contributed by atoms with Gasteiger partial charge in [-0.1, -0.05) is 13.8 Å². The number of amides is 1. The number of nitrogens with zero attached hydrogens (tertiary/aromatic N) is 2. The highest BCUT2D eigenvalue weighted by molar-refractivity contribution is 14.0. The zero-order chi connectivity index (χ0) is 17.5. The number of guanidine groups is 1. The summed E-state index contributed by atoms with van der Waals surface area (Å²) in [6, 6.07) is 0. The van der Waals surface area contributed by atoms with Crippen LogP contribution < -0.4 is 10.6 Å². The van der Waals surface area contributed by atoms with E-state index in [-0.39, 0.29) is 30.1 Å². The second-order valence-corrected chi connectivity index (χ2v) is 7.64. The van der Waals surface area contributed by atoms with Crippen LogP contribution in [0.1, 0.15) is 47.5 Å². The first kappa shape index (κ1) is 23.3. The maximum Gasteiger partial charge on any atom is 0.410 e. The van der Waals surface area contributed by atoms with Gasteiger partial charge in [0.25, 0.3) is 0 Å². The van der Waals surface area contributed by atoms with Crippen LogP contribution in [0, 0.1) is 11.8 Å². The Morgan fingerprint density at radius 2 is 1.83 bits per heavy atom. The third-order valence-electron chi connectivity index (χ3n) is 3.73. The van der Waals surface area contributed by atoms with E-state index in [1.165, 1.54) is 0 Å². The zero-order valence-electron chi connectivity index (χ0n) is 16.0. The van der Waals surface area contributed by atoms with Gasteiger partial charge in [-0.2, -0.15) is 0 Å². The minimum Gasteiger partial charge on any atom is -0.444 e. The molecular formula is C17H35IN4O2. The molecule has 0 spiro atoms. The summed E-state index contributed by atoms with van der Waals surface area (Å²) < 4.78 is 5.42. The molecule has 0 bridgehead atoms. The topological polar surface area (TPSA) is 66.0 Å². The fourth-order valence-electron chi connectivity index (χ4n) is 2.41. The van der Waals surface area contributed by atoms with Crippen molar-refractivity contribution >= 4 is 36.0 Å². The summed E-state index contributed by atoms with van der Waals surface area (Å²) in [6.07, 6.45) is 1.79. The highest BCUT2D eigenvalue weighted by atomic mass is 127. The molecule has 142 valence electrons. The summed E-state index contributed by atoms with van der Waals surface area (Å²) >= 11 is 0. The van der Waals surface area contributed by atoms with E-state index < -0.39 is 5.60 Å². The number of aliphatic imine (C=N–C) groups is 1. The lowest BCUT2D eigenvalue weighted by atomic mass is 9.97. The van der Waals surface area contributed by atoms with Gasteiger partial charge in [-0.15, -0.1) is 24.0 Å². The van der Waals surface area contributed by atoms with Gasteiger partial charge in [0.15, 0.2) is 5.96 Å². The van der Waals surface area contributed by atoms with E-state index in [0.29, 0.717) is 11.8 Å². The first-order chi connectivity index (χ1) is 10.7. The van der Waals surface area contributed by atoms with Gasteiger partial charge in [0.05, 0.1) is 0 Å². The Labute approximate surface area is 164 Å². The maximum atomic E-state index is 12.0. The molecule has 0 radical (unpaired) electrons. The standard InChI is InChI=1S/C17H34N4O2.HI/c1-13(2)11-19-15(18-6)20-12-14-7-9-21(10-8-14)16(22)23-17(3,4)5;/h13-14H,7-12H2,1-6H3,(H2,18,19,20);1H. The van der Waals surface area contributed by atoms with Crippen LogP contribution in [-0.4, -0.2) is 55.8 Å². The van der Waals surface area contributed by atoms with Gasteiger partial charge in [0.1, 0.15) is 5.60 Å². The normalized spacial score (nSPS) is 16.6. The van der Waals surface area contributed by atoms with Crippen LogP contribution in [0.15, 0.2) is 4.99 Å². The Morgan fingerprint density at radius 1 is 1.25 bits per heavy atom. The third-order valence-corrected chi connectivity index (χ3v) is 3.73. The number of carbonyl (C=O) groups excluding carboxylic acids is 1. The number of nitrogens with one attached hydrogen (secondary N) is 2. The maximum absolute atomic E-state index is 12.0. The molecule has 7 heteroatoms. The molecule has 0 aromatic heterocycles. The Balaban J connectivity index is 0.00000529. The molecule has 1 aliphatic rings. The van der Waals surface area contributed by atoms with Crippen molar-refractivity contribution in [3.63, 3.8) is 0 Å². The van der Waals surface area contributed by atoms with Crippen LogP contribution in [0.3, 0.4) is 0 Å². The van der Waals surface area contributed by atoms with Crippen LogP contribution in [0.2, 0.25) is 0 Å². The quantitative estimate of drug-likeness (QED) is 0.389. The van der Waals surface area contributed by atoms with Gasteiger partial charge >= 0.3 is 6.09 Å². The largest absolute Gasteiger partial charge is 0.444 e. The number of rotatable bonds is 4. The first-order valence-electron chi connectivity index (χ1n) is 8.63. The second-order valence-electron chi connectivity index (χ2n) is 7.64. The van der Waals surface area contributed by atoms with Crippen molar-refractivity contribution < 1.29 is 9.53 Å². The summed E-state index contributed by atoms with van der Waals surface area (Å²) in [6.45, 7) is 13.4. The molecule has 0 atom stereocenters. The smallest absolute Gasteiger partial charge is 0.410 e. The van der Waals surface area contributed by atoms with Crippen molar-refractivity contribution in [3.8, 4) is 0 Å². The summed E-state index contributed by atoms with van der Waals surface area (Å²) in [7, 11) is 1.79. The molecule has 1 saturated heterocycles. The van der Waals surface area contributed by atoms with E-state index >= 15 is 0 Å². The minimum absolute atomic E-state index is 0. The van der Waals surface area contributed by atoms with Crippen LogP contribution in [-0.2, 0) is 4.74 Å². The molecule has 1 amide bonds. The van der Waals surface area contributed by atoms with E-state index in [4.69, 9.17) is 4.74 Å². The average Bonchev–Trinajstić information content (AvgIpc) is 2.46. The molecule has 24 heavy (non-hydrogen) atoms. The highest BCUT2D eigenvalue weighted by Gasteiger charge is 2.26. The fourth-order valence-corrected chi connectivity index (χ4v) is 2.41. The Hall–Kier alpha value is -0.730. The molecule has 1 rings (SSSR count). The van der Waals surface area contributed by atoms with E-state index in [2.05, 4.69) is 29.5 Å². The predicted molar refractivity (Wildman–Crippen MR) is 110 cm³/mol. The van der Waals surface area contributed by atoms with Crippen molar-refractivity contribution in [2.45, 2.75) is 53.1 Å². The Kier molecular flexibility index (Phi) is 10.7. The number of hydrogen-bond donors (Lipinski definition) is 2. The number of ether oxygens (including phenoxy) is 1. The lowest BCUT2D eigenvalue weighted by Crippen LogP contribution is -2.45. The molecule has 0 aromatic carbocycles.